The molecule has 1 saturated carbocycles. The van der Waals surface area contributed by atoms with Crippen LogP contribution in [-0.4, -0.2) is 32.4 Å². The maximum atomic E-state index is 6.18. The number of benzene rings is 1. The molecule has 0 unspecified atom stereocenters. The molecule has 2 aliphatic rings. The van der Waals surface area contributed by atoms with Gasteiger partial charge < -0.3 is 14.8 Å². The first-order valence-electron chi connectivity index (χ1n) is 9.34. The van der Waals surface area contributed by atoms with Crippen molar-refractivity contribution >= 4 is 0 Å². The third-order valence-corrected chi connectivity index (χ3v) is 5.29. The van der Waals surface area contributed by atoms with Crippen molar-refractivity contribution in [3.8, 4) is 0 Å². The third kappa shape index (κ3) is 5.91. The highest BCUT2D eigenvalue weighted by Crippen LogP contribution is 2.27. The minimum absolute atomic E-state index is 0.496. The van der Waals surface area contributed by atoms with Crippen LogP contribution >= 0.6 is 0 Å². The Morgan fingerprint density at radius 1 is 0.826 bits per heavy atom. The summed E-state index contributed by atoms with van der Waals surface area (Å²) in [4.78, 5) is 0. The van der Waals surface area contributed by atoms with E-state index in [1.54, 1.807) is 0 Å². The predicted octanol–water partition coefficient (Wildman–Crippen LogP) is 3.78. The second kappa shape index (κ2) is 9.41. The molecule has 1 aliphatic carbocycles. The first-order valence-corrected chi connectivity index (χ1v) is 9.34. The second-order valence-electron chi connectivity index (χ2n) is 7.17. The molecule has 1 N–H and O–H groups in total. The molecule has 1 aliphatic heterocycles. The van der Waals surface area contributed by atoms with Crippen molar-refractivity contribution in [1.82, 2.24) is 5.32 Å². The summed E-state index contributed by atoms with van der Waals surface area (Å²) in [5, 5.41) is 3.42. The van der Waals surface area contributed by atoms with Crippen molar-refractivity contribution in [3.05, 3.63) is 35.9 Å². The highest BCUT2D eigenvalue weighted by Gasteiger charge is 2.23. The van der Waals surface area contributed by atoms with Gasteiger partial charge in [0.2, 0.25) is 0 Å². The third-order valence-electron chi connectivity index (χ3n) is 5.29. The lowest BCUT2D eigenvalue weighted by Gasteiger charge is -2.30. The van der Waals surface area contributed by atoms with Crippen LogP contribution in [-0.2, 0) is 16.1 Å². The van der Waals surface area contributed by atoms with Crippen molar-refractivity contribution < 1.29 is 9.47 Å². The zero-order valence-corrected chi connectivity index (χ0v) is 14.2. The monoisotopic (exact) mass is 317 g/mol. The van der Waals surface area contributed by atoms with E-state index in [0.717, 1.165) is 31.7 Å². The van der Waals surface area contributed by atoms with E-state index in [9.17, 15) is 0 Å². The van der Waals surface area contributed by atoms with Gasteiger partial charge in [0.1, 0.15) is 0 Å². The molecule has 0 spiro atoms. The standard InChI is InChI=1S/C20H31NO2/c1-2-4-17(5-3-1)14-22-15-18-6-8-20(9-7-18)23-16-19-10-12-21-13-11-19/h1-5,18-21H,6-16H2. The summed E-state index contributed by atoms with van der Waals surface area (Å²) in [5.74, 6) is 1.50. The normalized spacial score (nSPS) is 26.3. The van der Waals surface area contributed by atoms with Crippen molar-refractivity contribution in [2.24, 2.45) is 11.8 Å². The SMILES string of the molecule is c1ccc(COCC2CCC(OCC3CCNCC3)CC2)cc1. The fourth-order valence-corrected chi connectivity index (χ4v) is 3.70. The number of piperidine rings is 1. The van der Waals surface area contributed by atoms with E-state index in [-0.39, 0.29) is 0 Å². The van der Waals surface area contributed by atoms with E-state index in [0.29, 0.717) is 6.10 Å². The van der Waals surface area contributed by atoms with Crippen LogP contribution in [0.4, 0.5) is 0 Å². The van der Waals surface area contributed by atoms with Crippen molar-refractivity contribution in [1.29, 1.82) is 0 Å². The van der Waals surface area contributed by atoms with Crippen LogP contribution in [0.2, 0.25) is 0 Å². The Kier molecular flexibility index (Phi) is 6.93. The molecule has 0 bridgehead atoms. The summed E-state index contributed by atoms with van der Waals surface area (Å²) in [6.45, 7) is 4.95. The summed E-state index contributed by atoms with van der Waals surface area (Å²) in [7, 11) is 0. The Morgan fingerprint density at radius 3 is 2.26 bits per heavy atom. The van der Waals surface area contributed by atoms with Gasteiger partial charge in [-0.05, 0) is 69.0 Å². The molecule has 23 heavy (non-hydrogen) atoms. The molecule has 0 aromatic heterocycles. The lowest BCUT2D eigenvalue weighted by Crippen LogP contribution is -2.32. The Hall–Kier alpha value is -0.900. The summed E-state index contributed by atoms with van der Waals surface area (Å²) >= 11 is 0. The summed E-state index contributed by atoms with van der Waals surface area (Å²) in [6.07, 6.45) is 7.99. The van der Waals surface area contributed by atoms with Gasteiger partial charge in [0.05, 0.1) is 12.7 Å². The molecule has 1 saturated heterocycles. The average molecular weight is 317 g/mol. The summed E-state index contributed by atoms with van der Waals surface area (Å²) in [6, 6.07) is 10.5. The van der Waals surface area contributed by atoms with Gasteiger partial charge in [-0.3, -0.25) is 0 Å². The van der Waals surface area contributed by atoms with Gasteiger partial charge in [-0.15, -0.1) is 0 Å². The maximum absolute atomic E-state index is 6.18. The van der Waals surface area contributed by atoms with Crippen LogP contribution in [0.25, 0.3) is 0 Å². The molecule has 3 heteroatoms. The van der Waals surface area contributed by atoms with E-state index >= 15 is 0 Å². The fraction of sp³-hybridized carbons (Fsp3) is 0.700. The number of hydrogen-bond acceptors (Lipinski definition) is 3. The highest BCUT2D eigenvalue weighted by atomic mass is 16.5. The second-order valence-corrected chi connectivity index (χ2v) is 7.17. The van der Waals surface area contributed by atoms with Crippen LogP contribution in [0.3, 0.4) is 0 Å². The number of hydrogen-bond donors (Lipinski definition) is 1. The fourth-order valence-electron chi connectivity index (χ4n) is 3.70. The predicted molar refractivity (Wildman–Crippen MR) is 93.4 cm³/mol. The van der Waals surface area contributed by atoms with E-state index in [1.807, 2.05) is 0 Å². The Labute approximate surface area is 140 Å². The Bertz CT molecular complexity index is 423. The summed E-state index contributed by atoms with van der Waals surface area (Å²) < 4.78 is 12.1. The van der Waals surface area contributed by atoms with E-state index < -0.39 is 0 Å². The highest BCUT2D eigenvalue weighted by molar-refractivity contribution is 5.13. The maximum Gasteiger partial charge on any atom is 0.0717 e. The quantitative estimate of drug-likeness (QED) is 0.830. The van der Waals surface area contributed by atoms with Gasteiger partial charge in [-0.2, -0.15) is 0 Å². The molecule has 0 amide bonds. The number of nitrogens with one attached hydrogen (secondary N) is 1. The largest absolute Gasteiger partial charge is 0.378 e. The van der Waals surface area contributed by atoms with Crippen LogP contribution in [0.1, 0.15) is 44.1 Å². The van der Waals surface area contributed by atoms with Gasteiger partial charge in [0.15, 0.2) is 0 Å². The smallest absolute Gasteiger partial charge is 0.0717 e. The molecule has 3 rings (SSSR count). The molecule has 1 aromatic rings. The van der Waals surface area contributed by atoms with Crippen LogP contribution in [0.15, 0.2) is 30.3 Å². The van der Waals surface area contributed by atoms with E-state index in [2.05, 4.69) is 35.6 Å². The first kappa shape index (κ1) is 16.9. The first-order chi connectivity index (χ1) is 11.4. The Morgan fingerprint density at radius 2 is 1.52 bits per heavy atom. The zero-order valence-electron chi connectivity index (χ0n) is 14.2. The van der Waals surface area contributed by atoms with Crippen molar-refractivity contribution in [2.75, 3.05) is 26.3 Å². The summed E-state index contributed by atoms with van der Waals surface area (Å²) in [5.41, 5.74) is 1.27. The number of ether oxygens (including phenoxy) is 2. The lowest BCUT2D eigenvalue weighted by atomic mass is 9.88. The minimum Gasteiger partial charge on any atom is -0.378 e. The molecular weight excluding hydrogens is 286 g/mol. The molecule has 3 nitrogen and oxygen atoms in total. The van der Waals surface area contributed by atoms with Gasteiger partial charge in [0, 0.05) is 13.2 Å². The Balaban J connectivity index is 1.26. The molecule has 2 fully saturated rings. The topological polar surface area (TPSA) is 30.5 Å². The molecular formula is C20H31NO2. The zero-order chi connectivity index (χ0) is 15.7. The lowest BCUT2D eigenvalue weighted by molar-refractivity contribution is -0.0174. The van der Waals surface area contributed by atoms with Gasteiger partial charge in [-0.1, -0.05) is 30.3 Å². The van der Waals surface area contributed by atoms with Gasteiger partial charge >= 0.3 is 0 Å². The van der Waals surface area contributed by atoms with E-state index in [4.69, 9.17) is 9.47 Å². The van der Waals surface area contributed by atoms with Crippen LogP contribution < -0.4 is 5.32 Å². The molecule has 1 heterocycles. The molecule has 1 aromatic carbocycles. The van der Waals surface area contributed by atoms with Gasteiger partial charge in [0.25, 0.3) is 0 Å². The molecule has 0 radical (unpaired) electrons. The van der Waals surface area contributed by atoms with Crippen LogP contribution in [0.5, 0.6) is 0 Å². The minimum atomic E-state index is 0.496. The van der Waals surface area contributed by atoms with Crippen molar-refractivity contribution in [3.63, 3.8) is 0 Å². The van der Waals surface area contributed by atoms with Gasteiger partial charge in [-0.25, -0.2) is 0 Å². The van der Waals surface area contributed by atoms with Crippen molar-refractivity contribution in [2.45, 2.75) is 51.2 Å². The van der Waals surface area contributed by atoms with E-state index in [1.165, 1.54) is 57.2 Å². The average Bonchev–Trinajstić information content (AvgIpc) is 2.63. The molecule has 128 valence electrons. The molecule has 0 atom stereocenters. The van der Waals surface area contributed by atoms with Crippen LogP contribution in [0, 0.1) is 11.8 Å². The number of rotatable bonds is 7.